The Labute approximate surface area is 196 Å². The van der Waals surface area contributed by atoms with Gasteiger partial charge in [0.25, 0.3) is 0 Å². The van der Waals surface area contributed by atoms with Gasteiger partial charge < -0.3 is 23.5 Å². The molecule has 0 atom stereocenters. The standard InChI is InChI=1S/C27H23NO6/c1-16-25-18(14-28(15-33-25)23-7-5-4-6-20(23)27(30)32-3)12-22-21(13-24(29)34-26(16)22)17-8-10-19(31-2)11-9-17/h4-13H,14-15H2,1-3H3. The van der Waals surface area contributed by atoms with Gasteiger partial charge in [-0.05, 0) is 48.4 Å². The Hall–Kier alpha value is -4.26. The highest BCUT2D eigenvalue weighted by molar-refractivity contribution is 5.97. The maximum atomic E-state index is 12.4. The number of ether oxygens (including phenoxy) is 3. The third kappa shape index (κ3) is 3.65. The molecule has 4 aromatic rings. The molecule has 0 bridgehead atoms. The largest absolute Gasteiger partial charge is 0.497 e. The van der Waals surface area contributed by atoms with E-state index in [1.807, 2.05) is 54.3 Å². The van der Waals surface area contributed by atoms with E-state index in [0.717, 1.165) is 39.1 Å². The predicted molar refractivity (Wildman–Crippen MR) is 129 cm³/mol. The van der Waals surface area contributed by atoms with E-state index in [0.29, 0.717) is 23.4 Å². The first-order valence-corrected chi connectivity index (χ1v) is 10.8. The zero-order valence-electron chi connectivity index (χ0n) is 19.1. The van der Waals surface area contributed by atoms with E-state index in [9.17, 15) is 9.59 Å². The zero-order valence-corrected chi connectivity index (χ0v) is 19.1. The fourth-order valence-corrected chi connectivity index (χ4v) is 4.42. The van der Waals surface area contributed by atoms with Crippen molar-refractivity contribution >= 4 is 22.6 Å². The first-order valence-electron chi connectivity index (χ1n) is 10.8. The molecule has 5 rings (SSSR count). The minimum atomic E-state index is -0.425. The van der Waals surface area contributed by atoms with Crippen molar-refractivity contribution in [1.82, 2.24) is 0 Å². The van der Waals surface area contributed by atoms with E-state index in [4.69, 9.17) is 18.6 Å². The number of hydrogen-bond acceptors (Lipinski definition) is 7. The van der Waals surface area contributed by atoms with Crippen molar-refractivity contribution in [2.45, 2.75) is 13.5 Å². The normalized spacial score (nSPS) is 12.7. The van der Waals surface area contributed by atoms with Crippen molar-refractivity contribution in [3.63, 3.8) is 0 Å². The van der Waals surface area contributed by atoms with Crippen molar-refractivity contribution in [1.29, 1.82) is 0 Å². The van der Waals surface area contributed by atoms with E-state index in [-0.39, 0.29) is 6.73 Å². The number of methoxy groups -OCH3 is 2. The fourth-order valence-electron chi connectivity index (χ4n) is 4.42. The number of anilines is 1. The molecule has 2 heterocycles. The number of fused-ring (bicyclic) bond motifs is 2. The van der Waals surface area contributed by atoms with Crippen LogP contribution >= 0.6 is 0 Å². The number of esters is 1. The summed E-state index contributed by atoms with van der Waals surface area (Å²) in [4.78, 5) is 26.7. The molecule has 7 heteroatoms. The van der Waals surface area contributed by atoms with Gasteiger partial charge in [-0.15, -0.1) is 0 Å². The molecular weight excluding hydrogens is 434 g/mol. The Morgan fingerprint density at radius 3 is 2.53 bits per heavy atom. The summed E-state index contributed by atoms with van der Waals surface area (Å²) in [5.74, 6) is 1.02. The molecule has 0 saturated carbocycles. The Balaban J connectivity index is 1.63. The highest BCUT2D eigenvalue weighted by Crippen LogP contribution is 2.39. The summed E-state index contributed by atoms with van der Waals surface area (Å²) in [6.07, 6.45) is 0. The molecule has 7 nitrogen and oxygen atoms in total. The van der Waals surface area contributed by atoms with Gasteiger partial charge >= 0.3 is 11.6 Å². The summed E-state index contributed by atoms with van der Waals surface area (Å²) in [5.41, 5.74) is 4.62. The lowest BCUT2D eigenvalue weighted by molar-refractivity contribution is 0.0601. The van der Waals surface area contributed by atoms with Gasteiger partial charge in [0, 0.05) is 29.1 Å². The maximum Gasteiger partial charge on any atom is 0.339 e. The number of para-hydroxylation sites is 1. The average molecular weight is 457 g/mol. The summed E-state index contributed by atoms with van der Waals surface area (Å²) < 4.78 is 21.9. The third-order valence-electron chi connectivity index (χ3n) is 6.07. The molecule has 1 aliphatic heterocycles. The zero-order chi connectivity index (χ0) is 23.8. The Bertz CT molecular complexity index is 1450. The number of rotatable bonds is 4. The van der Waals surface area contributed by atoms with Gasteiger partial charge in [0.05, 0.1) is 25.5 Å². The van der Waals surface area contributed by atoms with Crippen molar-refractivity contribution in [3.05, 3.63) is 87.8 Å². The number of benzene rings is 3. The SMILES string of the molecule is COC(=O)c1ccccc1N1COc2c(cc3c(-c4ccc(OC)cc4)cc(=O)oc3c2C)C1. The van der Waals surface area contributed by atoms with Crippen molar-refractivity contribution in [2.24, 2.45) is 0 Å². The van der Waals surface area contributed by atoms with Gasteiger partial charge in [-0.2, -0.15) is 0 Å². The lowest BCUT2D eigenvalue weighted by atomic mass is 9.96. The first kappa shape index (κ1) is 21.6. The predicted octanol–water partition coefficient (Wildman–Crippen LogP) is 4.92. The van der Waals surface area contributed by atoms with Gasteiger partial charge in [-0.1, -0.05) is 24.3 Å². The van der Waals surface area contributed by atoms with Crippen LogP contribution in [0.1, 0.15) is 21.5 Å². The molecule has 0 radical (unpaired) electrons. The number of hydrogen-bond donors (Lipinski definition) is 0. The molecular formula is C27H23NO6. The third-order valence-corrected chi connectivity index (χ3v) is 6.07. The van der Waals surface area contributed by atoms with E-state index in [1.54, 1.807) is 19.2 Å². The first-order chi connectivity index (χ1) is 16.5. The molecule has 0 fully saturated rings. The van der Waals surface area contributed by atoms with Crippen molar-refractivity contribution in [3.8, 4) is 22.6 Å². The van der Waals surface area contributed by atoms with Gasteiger partial charge in [0.15, 0.2) is 6.73 Å². The molecule has 172 valence electrons. The number of aryl methyl sites for hydroxylation is 1. The number of nitrogens with zero attached hydrogens (tertiary/aromatic N) is 1. The topological polar surface area (TPSA) is 78.2 Å². The van der Waals surface area contributed by atoms with Crippen LogP contribution in [0.25, 0.3) is 22.1 Å². The van der Waals surface area contributed by atoms with Gasteiger partial charge in [-0.3, -0.25) is 0 Å². The Morgan fingerprint density at radius 2 is 1.79 bits per heavy atom. The van der Waals surface area contributed by atoms with Crippen molar-refractivity contribution < 1.29 is 23.4 Å². The Morgan fingerprint density at radius 1 is 1.03 bits per heavy atom. The molecule has 1 aliphatic rings. The Kier molecular flexibility index (Phi) is 5.45. The van der Waals surface area contributed by atoms with E-state index in [2.05, 4.69) is 0 Å². The second kappa shape index (κ2) is 8.59. The summed E-state index contributed by atoms with van der Waals surface area (Å²) >= 11 is 0. The average Bonchev–Trinajstić information content (AvgIpc) is 2.88. The minimum Gasteiger partial charge on any atom is -0.497 e. The molecule has 0 N–H and O–H groups in total. The second-order valence-electron chi connectivity index (χ2n) is 8.05. The molecule has 0 amide bonds. The van der Waals surface area contributed by atoms with Gasteiger partial charge in [0.1, 0.15) is 17.1 Å². The smallest absolute Gasteiger partial charge is 0.339 e. The van der Waals surface area contributed by atoms with E-state index >= 15 is 0 Å². The summed E-state index contributed by atoms with van der Waals surface area (Å²) in [7, 11) is 2.98. The van der Waals surface area contributed by atoms with Gasteiger partial charge in [0.2, 0.25) is 0 Å². The highest BCUT2D eigenvalue weighted by atomic mass is 16.5. The summed E-state index contributed by atoms with van der Waals surface area (Å²) in [5, 5.41) is 0.813. The molecule has 0 aliphatic carbocycles. The van der Waals surface area contributed by atoms with Crippen molar-refractivity contribution in [2.75, 3.05) is 25.9 Å². The highest BCUT2D eigenvalue weighted by Gasteiger charge is 2.26. The van der Waals surface area contributed by atoms with Crippen LogP contribution in [-0.2, 0) is 11.3 Å². The minimum absolute atomic E-state index is 0.246. The van der Waals surface area contributed by atoms with Gasteiger partial charge in [-0.25, -0.2) is 9.59 Å². The van der Waals surface area contributed by atoms with Crippen LogP contribution in [0.5, 0.6) is 11.5 Å². The lowest BCUT2D eigenvalue weighted by Gasteiger charge is -2.32. The lowest BCUT2D eigenvalue weighted by Crippen LogP contribution is -2.33. The fraction of sp³-hybridized carbons (Fsp3) is 0.185. The molecule has 34 heavy (non-hydrogen) atoms. The van der Waals surface area contributed by atoms with E-state index in [1.165, 1.54) is 13.2 Å². The van der Waals surface area contributed by atoms with E-state index < -0.39 is 11.6 Å². The summed E-state index contributed by atoms with van der Waals surface area (Å²) in [6.45, 7) is 2.65. The molecule has 0 spiro atoms. The molecule has 0 saturated heterocycles. The van der Waals surface area contributed by atoms with Crippen LogP contribution in [0, 0.1) is 6.92 Å². The second-order valence-corrected chi connectivity index (χ2v) is 8.05. The van der Waals surface area contributed by atoms with Crippen LogP contribution in [0.4, 0.5) is 5.69 Å². The van der Waals surface area contributed by atoms with Crippen LogP contribution in [0.15, 0.2) is 69.9 Å². The van der Waals surface area contributed by atoms with Crippen LogP contribution in [-0.4, -0.2) is 26.9 Å². The quantitative estimate of drug-likeness (QED) is 0.318. The summed E-state index contributed by atoms with van der Waals surface area (Å²) in [6, 6.07) is 18.3. The monoisotopic (exact) mass is 457 g/mol. The van der Waals surface area contributed by atoms with Crippen LogP contribution in [0.2, 0.25) is 0 Å². The molecule has 1 aromatic heterocycles. The molecule has 3 aromatic carbocycles. The van der Waals surface area contributed by atoms with Crippen LogP contribution < -0.4 is 20.0 Å². The number of carbonyl (C=O) groups is 1. The maximum absolute atomic E-state index is 12.4. The molecule has 0 unspecified atom stereocenters. The van der Waals surface area contributed by atoms with Crippen LogP contribution in [0.3, 0.4) is 0 Å². The number of carbonyl (C=O) groups excluding carboxylic acids is 1.